The highest BCUT2D eigenvalue weighted by Crippen LogP contribution is 2.20. The van der Waals surface area contributed by atoms with Gasteiger partial charge in [-0.25, -0.2) is 9.82 Å². The maximum absolute atomic E-state index is 12.9. The first-order chi connectivity index (χ1) is 13.8. The molecule has 0 spiro atoms. The van der Waals surface area contributed by atoms with E-state index in [4.69, 9.17) is 5.73 Å². The van der Waals surface area contributed by atoms with Gasteiger partial charge in [0, 0.05) is 28.2 Å². The first-order valence-electron chi connectivity index (χ1n) is 9.00. The van der Waals surface area contributed by atoms with E-state index in [1.54, 1.807) is 30.5 Å². The summed E-state index contributed by atoms with van der Waals surface area (Å²) in [5, 5.41) is 4.03. The average Bonchev–Trinajstić information content (AvgIpc) is 2.97. The minimum atomic E-state index is -0.471. The molecule has 0 fully saturated rings. The number of carbonyl (C=O) groups excluding carboxylic acids is 2. The lowest BCUT2D eigenvalue weighted by Crippen LogP contribution is -2.19. The summed E-state index contributed by atoms with van der Waals surface area (Å²) in [6.45, 7) is 3.90. The van der Waals surface area contributed by atoms with Crippen molar-refractivity contribution >= 4 is 18.0 Å². The zero-order valence-electron chi connectivity index (χ0n) is 16.1. The van der Waals surface area contributed by atoms with Gasteiger partial charge in [0.25, 0.3) is 0 Å². The molecule has 0 saturated carbocycles. The van der Waals surface area contributed by atoms with Crippen LogP contribution in [0, 0.1) is 19.7 Å². The fraction of sp³-hybridized carbons (Fsp3) is 0.136. The van der Waals surface area contributed by atoms with Gasteiger partial charge in [-0.2, -0.15) is 5.10 Å². The predicted octanol–water partition coefficient (Wildman–Crippen LogP) is 3.02. The normalized spacial score (nSPS) is 11.0. The van der Waals surface area contributed by atoms with Crippen molar-refractivity contribution in [1.82, 2.24) is 9.99 Å². The van der Waals surface area contributed by atoms with Gasteiger partial charge in [-0.05, 0) is 61.9 Å². The van der Waals surface area contributed by atoms with Crippen molar-refractivity contribution < 1.29 is 14.0 Å². The fourth-order valence-electron chi connectivity index (χ4n) is 3.09. The van der Waals surface area contributed by atoms with Crippen LogP contribution in [0.3, 0.4) is 0 Å². The number of hydrogen-bond acceptors (Lipinski definition) is 3. The smallest absolute Gasteiger partial charge is 0.248 e. The molecule has 2 amide bonds. The summed E-state index contributed by atoms with van der Waals surface area (Å²) in [4.78, 5) is 23.2. The Morgan fingerprint density at radius 3 is 2.38 bits per heavy atom. The number of aromatic nitrogens is 1. The average molecular weight is 392 g/mol. The van der Waals surface area contributed by atoms with Gasteiger partial charge in [-0.15, -0.1) is 0 Å². The van der Waals surface area contributed by atoms with Crippen LogP contribution in [0.1, 0.15) is 32.9 Å². The van der Waals surface area contributed by atoms with Gasteiger partial charge in [0.1, 0.15) is 5.82 Å². The van der Waals surface area contributed by atoms with E-state index in [1.807, 2.05) is 36.6 Å². The fourth-order valence-corrected chi connectivity index (χ4v) is 3.09. The second-order valence-electron chi connectivity index (χ2n) is 6.67. The third-order valence-corrected chi connectivity index (χ3v) is 4.55. The molecule has 1 heterocycles. The number of hydrogen-bond donors (Lipinski definition) is 2. The molecule has 0 aliphatic rings. The number of carbonyl (C=O) groups is 2. The Kier molecular flexibility index (Phi) is 5.87. The maximum Gasteiger partial charge on any atom is 0.248 e. The molecule has 0 bridgehead atoms. The first kappa shape index (κ1) is 20.0. The van der Waals surface area contributed by atoms with Crippen LogP contribution in [-0.4, -0.2) is 22.6 Å². The largest absolute Gasteiger partial charge is 0.366 e. The second kappa shape index (κ2) is 8.52. The van der Waals surface area contributed by atoms with Gasteiger partial charge >= 0.3 is 0 Å². The number of amides is 2. The third kappa shape index (κ3) is 4.76. The van der Waals surface area contributed by atoms with Crippen molar-refractivity contribution in [2.75, 3.05) is 0 Å². The van der Waals surface area contributed by atoms with E-state index in [-0.39, 0.29) is 18.1 Å². The van der Waals surface area contributed by atoms with E-state index in [9.17, 15) is 14.0 Å². The first-order valence-corrected chi connectivity index (χ1v) is 9.00. The summed E-state index contributed by atoms with van der Waals surface area (Å²) in [7, 11) is 0. The van der Waals surface area contributed by atoms with E-state index >= 15 is 0 Å². The Labute approximate surface area is 167 Å². The number of rotatable bonds is 6. The molecular weight excluding hydrogens is 371 g/mol. The van der Waals surface area contributed by atoms with Crippen LogP contribution in [0.15, 0.2) is 59.7 Å². The molecule has 0 radical (unpaired) electrons. The van der Waals surface area contributed by atoms with Crippen LogP contribution < -0.4 is 11.2 Å². The lowest BCUT2D eigenvalue weighted by atomic mass is 10.1. The summed E-state index contributed by atoms with van der Waals surface area (Å²) in [6.07, 6.45) is 1.70. The van der Waals surface area contributed by atoms with Crippen LogP contribution in [-0.2, 0) is 11.2 Å². The summed E-state index contributed by atoms with van der Waals surface area (Å²) in [5.41, 5.74) is 12.6. The Balaban J connectivity index is 1.70. The number of nitrogens with two attached hydrogens (primary N) is 1. The highest BCUT2D eigenvalue weighted by Gasteiger charge is 2.10. The summed E-state index contributed by atoms with van der Waals surface area (Å²) >= 11 is 0. The maximum atomic E-state index is 12.9. The molecule has 0 aliphatic carbocycles. The van der Waals surface area contributed by atoms with Gasteiger partial charge in [-0.3, -0.25) is 9.59 Å². The third-order valence-electron chi connectivity index (χ3n) is 4.55. The van der Waals surface area contributed by atoms with Gasteiger partial charge in [0.05, 0.1) is 12.6 Å². The molecule has 2 aromatic carbocycles. The number of aryl methyl sites for hydroxylation is 1. The minimum Gasteiger partial charge on any atom is -0.366 e. The molecule has 0 saturated heterocycles. The van der Waals surface area contributed by atoms with E-state index in [0.29, 0.717) is 11.1 Å². The van der Waals surface area contributed by atoms with Gasteiger partial charge in [0.2, 0.25) is 11.8 Å². The van der Waals surface area contributed by atoms with Crippen molar-refractivity contribution in [2.24, 2.45) is 10.8 Å². The standard InChI is InChI=1S/C22H21FN4O2/c1-14-11-18(13-25-26-21(28)12-16-3-7-19(23)8-4-16)15(2)27(14)20-9-5-17(6-10-20)22(24)29/h3-11,13H,12H2,1-2H3,(H2,24,29)(H,26,28)/b25-13+. The minimum absolute atomic E-state index is 0.114. The molecular formula is C22H21FN4O2. The SMILES string of the molecule is Cc1cc(/C=N/NC(=O)Cc2ccc(F)cc2)c(C)n1-c1ccc(C(N)=O)cc1. The Bertz CT molecular complexity index is 1070. The highest BCUT2D eigenvalue weighted by atomic mass is 19.1. The van der Waals surface area contributed by atoms with E-state index in [1.165, 1.54) is 12.1 Å². The van der Waals surface area contributed by atoms with Crippen molar-refractivity contribution in [3.05, 3.63) is 88.5 Å². The second-order valence-corrected chi connectivity index (χ2v) is 6.67. The van der Waals surface area contributed by atoms with Crippen LogP contribution in [0.5, 0.6) is 0 Å². The quantitative estimate of drug-likeness (QED) is 0.499. The van der Waals surface area contributed by atoms with Crippen LogP contribution in [0.2, 0.25) is 0 Å². The summed E-state index contributed by atoms with van der Waals surface area (Å²) < 4.78 is 14.9. The van der Waals surface area contributed by atoms with Crippen LogP contribution in [0.4, 0.5) is 4.39 Å². The molecule has 6 nitrogen and oxygen atoms in total. The molecule has 3 N–H and O–H groups in total. The number of hydrazone groups is 1. The van der Waals surface area contributed by atoms with E-state index in [0.717, 1.165) is 22.6 Å². The molecule has 148 valence electrons. The molecule has 0 aliphatic heterocycles. The molecule has 1 aromatic heterocycles. The van der Waals surface area contributed by atoms with Crippen LogP contribution >= 0.6 is 0 Å². The number of nitrogens with one attached hydrogen (secondary N) is 1. The summed E-state index contributed by atoms with van der Waals surface area (Å²) in [5.74, 6) is -1.10. The predicted molar refractivity (Wildman–Crippen MR) is 110 cm³/mol. The van der Waals surface area contributed by atoms with Crippen molar-refractivity contribution in [1.29, 1.82) is 0 Å². The lowest BCUT2D eigenvalue weighted by Gasteiger charge is -2.10. The number of halogens is 1. The number of nitrogens with zero attached hydrogens (tertiary/aromatic N) is 2. The van der Waals surface area contributed by atoms with Crippen molar-refractivity contribution in [3.63, 3.8) is 0 Å². The van der Waals surface area contributed by atoms with Crippen LogP contribution in [0.25, 0.3) is 5.69 Å². The molecule has 29 heavy (non-hydrogen) atoms. The molecule has 0 unspecified atom stereocenters. The van der Waals surface area contributed by atoms with E-state index in [2.05, 4.69) is 10.5 Å². The molecule has 3 rings (SSSR count). The zero-order chi connectivity index (χ0) is 21.0. The van der Waals surface area contributed by atoms with Crippen molar-refractivity contribution in [3.8, 4) is 5.69 Å². The Morgan fingerprint density at radius 2 is 1.76 bits per heavy atom. The summed E-state index contributed by atoms with van der Waals surface area (Å²) in [6, 6.07) is 14.7. The monoisotopic (exact) mass is 392 g/mol. The topological polar surface area (TPSA) is 89.5 Å². The van der Waals surface area contributed by atoms with E-state index < -0.39 is 5.91 Å². The molecule has 0 atom stereocenters. The lowest BCUT2D eigenvalue weighted by molar-refractivity contribution is -0.120. The Hall–Kier alpha value is -3.74. The van der Waals surface area contributed by atoms with Gasteiger partial charge in [0.15, 0.2) is 0 Å². The van der Waals surface area contributed by atoms with Crippen molar-refractivity contribution in [2.45, 2.75) is 20.3 Å². The van der Waals surface area contributed by atoms with Gasteiger partial charge < -0.3 is 10.3 Å². The highest BCUT2D eigenvalue weighted by molar-refractivity contribution is 5.93. The van der Waals surface area contributed by atoms with Gasteiger partial charge in [-0.1, -0.05) is 12.1 Å². The zero-order valence-corrected chi connectivity index (χ0v) is 16.1. The number of primary amides is 1. The number of benzene rings is 2. The Morgan fingerprint density at radius 1 is 1.10 bits per heavy atom. The molecule has 3 aromatic rings. The molecule has 7 heteroatoms.